The normalized spacial score (nSPS) is 11.7. The number of thiophene rings is 1. The van der Waals surface area contributed by atoms with Gasteiger partial charge in [-0.2, -0.15) is 0 Å². The minimum Gasteiger partial charge on any atom is -0.268 e. The van der Waals surface area contributed by atoms with E-state index in [0.29, 0.717) is 21.9 Å². The fourth-order valence-corrected chi connectivity index (χ4v) is 7.22. The van der Waals surface area contributed by atoms with E-state index in [1.807, 2.05) is 72.8 Å². The predicted octanol–water partition coefficient (Wildman–Crippen LogP) is 7.64. The first-order valence-electron chi connectivity index (χ1n) is 14.5. The Morgan fingerprint density at radius 2 is 1.24 bits per heavy atom. The number of rotatable bonds is 3. The van der Waals surface area contributed by atoms with Gasteiger partial charge in [-0.05, 0) is 47.5 Å². The van der Waals surface area contributed by atoms with Crippen molar-refractivity contribution in [1.29, 1.82) is 0 Å². The van der Waals surface area contributed by atoms with Gasteiger partial charge < -0.3 is 0 Å². The van der Waals surface area contributed by atoms with Gasteiger partial charge in [0.05, 0.1) is 37.8 Å². The summed E-state index contributed by atoms with van der Waals surface area (Å²) >= 11 is 1.63. The molecule has 0 aliphatic carbocycles. The molecule has 9 rings (SSSR count). The van der Waals surface area contributed by atoms with Crippen LogP contribution in [0.5, 0.6) is 0 Å². The van der Waals surface area contributed by atoms with Crippen molar-refractivity contribution in [3.05, 3.63) is 148 Å². The molecule has 7 nitrogen and oxygen atoms in total. The summed E-state index contributed by atoms with van der Waals surface area (Å²) in [5, 5.41) is 1.43. The van der Waals surface area contributed by atoms with E-state index >= 15 is 0 Å². The lowest BCUT2D eigenvalue weighted by Gasteiger charge is -2.14. The van der Waals surface area contributed by atoms with Crippen LogP contribution >= 0.6 is 11.3 Å². The second-order valence-electron chi connectivity index (χ2n) is 10.8. The lowest BCUT2D eigenvalue weighted by Crippen LogP contribution is -2.29. The van der Waals surface area contributed by atoms with E-state index in [9.17, 15) is 9.59 Å². The standard InChI is InChI=1S/C37H21N5O2S/c43-35-25-15-7-8-16-27(25)38-34-36(44)42(29-18-10-9-17-28(29)41(34)35)37-39-31(23-13-5-2-6-14-23)33-32(40-37)26-21-24(19-20-30(26)45-33)22-11-3-1-4-12-22/h1-21H. The van der Waals surface area contributed by atoms with Crippen molar-refractivity contribution in [2.45, 2.75) is 0 Å². The summed E-state index contributed by atoms with van der Waals surface area (Å²) < 4.78 is 4.90. The molecule has 8 heteroatoms. The molecular weight excluding hydrogens is 579 g/mol. The highest BCUT2D eigenvalue weighted by Crippen LogP contribution is 2.40. The third-order valence-electron chi connectivity index (χ3n) is 8.19. The van der Waals surface area contributed by atoms with Crippen molar-refractivity contribution in [2.24, 2.45) is 0 Å². The quantitative estimate of drug-likeness (QED) is 0.154. The Hall–Kier alpha value is -5.99. The number of hydrogen-bond donors (Lipinski definition) is 0. The zero-order valence-electron chi connectivity index (χ0n) is 23.6. The second kappa shape index (κ2) is 9.77. The molecule has 0 saturated carbocycles. The Kier molecular flexibility index (Phi) is 5.54. The zero-order chi connectivity index (χ0) is 30.1. The van der Waals surface area contributed by atoms with E-state index in [1.165, 1.54) is 8.97 Å². The summed E-state index contributed by atoms with van der Waals surface area (Å²) in [5.74, 6) is 0.220. The van der Waals surface area contributed by atoms with Gasteiger partial charge in [0.2, 0.25) is 11.6 Å². The highest BCUT2D eigenvalue weighted by Gasteiger charge is 2.22. The van der Waals surface area contributed by atoms with Crippen LogP contribution in [0.25, 0.3) is 76.2 Å². The third kappa shape index (κ3) is 3.86. The highest BCUT2D eigenvalue weighted by atomic mass is 32.1. The minimum absolute atomic E-state index is 0.0175. The topological polar surface area (TPSA) is 82.1 Å². The Morgan fingerprint density at radius 1 is 0.556 bits per heavy atom. The Balaban J connectivity index is 1.43. The van der Waals surface area contributed by atoms with Crippen molar-refractivity contribution >= 4 is 59.2 Å². The van der Waals surface area contributed by atoms with Crippen LogP contribution in [0, 0.1) is 0 Å². The summed E-state index contributed by atoms with van der Waals surface area (Å²) in [5.41, 5.74) is 5.36. The molecule has 4 aromatic heterocycles. The van der Waals surface area contributed by atoms with Gasteiger partial charge in [-0.1, -0.05) is 91.0 Å². The van der Waals surface area contributed by atoms with Crippen LogP contribution in [-0.4, -0.2) is 23.9 Å². The Labute approximate surface area is 259 Å². The molecule has 0 aliphatic rings. The summed E-state index contributed by atoms with van der Waals surface area (Å²) in [7, 11) is 0. The van der Waals surface area contributed by atoms with Crippen molar-refractivity contribution in [2.75, 3.05) is 0 Å². The highest BCUT2D eigenvalue weighted by molar-refractivity contribution is 7.26. The molecule has 4 heterocycles. The molecule has 0 saturated heterocycles. The van der Waals surface area contributed by atoms with Gasteiger partial charge in [0.25, 0.3) is 5.56 Å². The maximum absolute atomic E-state index is 14.4. The number of benzene rings is 5. The molecule has 0 spiro atoms. The van der Waals surface area contributed by atoms with Crippen LogP contribution < -0.4 is 11.1 Å². The van der Waals surface area contributed by atoms with Gasteiger partial charge in [-0.3, -0.25) is 14.0 Å². The average molecular weight is 600 g/mol. The van der Waals surface area contributed by atoms with E-state index in [-0.39, 0.29) is 17.2 Å². The molecule has 5 aromatic carbocycles. The lowest BCUT2D eigenvalue weighted by atomic mass is 10.0. The SMILES string of the molecule is O=c1c2nc3ccccc3c(=O)n2c2ccccc2n1-c1nc(-c2ccccc2)c2sc3ccc(-c4ccccc4)cc3c2n1. The minimum atomic E-state index is -0.473. The molecular formula is C37H21N5O2S. The van der Waals surface area contributed by atoms with Crippen molar-refractivity contribution in [3.63, 3.8) is 0 Å². The molecule has 0 fully saturated rings. The number of hydrogen-bond acceptors (Lipinski definition) is 6. The van der Waals surface area contributed by atoms with Crippen molar-refractivity contribution in [1.82, 2.24) is 23.9 Å². The zero-order valence-corrected chi connectivity index (χ0v) is 24.4. The largest absolute Gasteiger partial charge is 0.301 e. The molecule has 0 atom stereocenters. The molecule has 0 bridgehead atoms. The first-order valence-corrected chi connectivity index (χ1v) is 15.3. The smallest absolute Gasteiger partial charge is 0.268 e. The maximum Gasteiger partial charge on any atom is 0.301 e. The van der Waals surface area contributed by atoms with Crippen molar-refractivity contribution < 1.29 is 0 Å². The Bertz CT molecular complexity index is 2750. The number of nitrogens with zero attached hydrogens (tertiary/aromatic N) is 5. The molecule has 0 unspecified atom stereocenters. The van der Waals surface area contributed by atoms with Crippen LogP contribution in [-0.2, 0) is 0 Å². The molecule has 0 radical (unpaired) electrons. The van der Waals surface area contributed by atoms with Gasteiger partial charge >= 0.3 is 5.56 Å². The molecule has 9 aromatic rings. The molecule has 0 aliphatic heterocycles. The van der Waals surface area contributed by atoms with E-state index in [0.717, 1.165) is 42.7 Å². The summed E-state index contributed by atoms with van der Waals surface area (Å²) in [6.45, 7) is 0. The van der Waals surface area contributed by atoms with E-state index in [4.69, 9.17) is 9.97 Å². The number of aromatic nitrogens is 5. The predicted molar refractivity (Wildman–Crippen MR) is 181 cm³/mol. The van der Waals surface area contributed by atoms with Gasteiger partial charge in [0, 0.05) is 15.6 Å². The van der Waals surface area contributed by atoms with Crippen LogP contribution in [0.3, 0.4) is 0 Å². The molecule has 212 valence electrons. The van der Waals surface area contributed by atoms with Crippen LogP contribution in [0.1, 0.15) is 0 Å². The number of para-hydroxylation sites is 3. The summed E-state index contributed by atoms with van der Waals surface area (Å²) in [6.07, 6.45) is 0. The second-order valence-corrected chi connectivity index (χ2v) is 11.9. The van der Waals surface area contributed by atoms with E-state index in [2.05, 4.69) is 35.3 Å². The molecule has 45 heavy (non-hydrogen) atoms. The Morgan fingerprint density at radius 3 is 2.04 bits per heavy atom. The van der Waals surface area contributed by atoms with Gasteiger partial charge in [-0.15, -0.1) is 11.3 Å². The lowest BCUT2D eigenvalue weighted by molar-refractivity contribution is 0.917. The monoisotopic (exact) mass is 599 g/mol. The fraction of sp³-hybridized carbons (Fsp3) is 0. The van der Waals surface area contributed by atoms with Gasteiger partial charge in [0.1, 0.15) is 0 Å². The van der Waals surface area contributed by atoms with Crippen molar-refractivity contribution in [3.8, 4) is 28.3 Å². The molecule has 0 N–H and O–H groups in total. The van der Waals surface area contributed by atoms with Crippen LogP contribution in [0.2, 0.25) is 0 Å². The number of fused-ring (bicyclic) bond motifs is 7. The van der Waals surface area contributed by atoms with E-state index < -0.39 is 5.56 Å². The average Bonchev–Trinajstić information content (AvgIpc) is 3.47. The van der Waals surface area contributed by atoms with Gasteiger partial charge in [-0.25, -0.2) is 19.5 Å². The fourth-order valence-electron chi connectivity index (χ4n) is 6.08. The first kappa shape index (κ1) is 25.5. The maximum atomic E-state index is 14.4. The first-order chi connectivity index (χ1) is 22.2. The van der Waals surface area contributed by atoms with Crippen LogP contribution in [0.4, 0.5) is 0 Å². The molecule has 0 amide bonds. The summed E-state index contributed by atoms with van der Waals surface area (Å²) in [4.78, 5) is 43.0. The van der Waals surface area contributed by atoms with Gasteiger partial charge in [0.15, 0.2) is 0 Å². The third-order valence-corrected chi connectivity index (χ3v) is 9.36. The van der Waals surface area contributed by atoms with Crippen LogP contribution in [0.15, 0.2) is 137 Å². The van der Waals surface area contributed by atoms with E-state index in [1.54, 1.807) is 35.6 Å². The summed E-state index contributed by atoms with van der Waals surface area (Å²) in [6, 6.07) is 41.0.